The highest BCUT2D eigenvalue weighted by molar-refractivity contribution is 6.35. The fourth-order valence-corrected chi connectivity index (χ4v) is 1.78. The summed E-state index contributed by atoms with van der Waals surface area (Å²) >= 11 is 11.7. The van der Waals surface area contributed by atoms with Crippen LogP contribution in [0.1, 0.15) is 5.56 Å². The molecule has 19 heavy (non-hydrogen) atoms. The van der Waals surface area contributed by atoms with E-state index in [9.17, 15) is 0 Å². The molecule has 3 nitrogen and oxygen atoms in total. The third-order valence-corrected chi connectivity index (χ3v) is 2.72. The fourth-order valence-electron chi connectivity index (χ4n) is 1.36. The Bertz CT molecular complexity index is 595. The molecule has 0 aliphatic rings. The Morgan fingerprint density at radius 3 is 2.68 bits per heavy atom. The maximum absolute atomic E-state index is 5.94. The number of aromatic nitrogens is 1. The first-order valence-electron chi connectivity index (χ1n) is 5.57. The Kier molecular flexibility index (Phi) is 4.95. The van der Waals surface area contributed by atoms with Crippen molar-refractivity contribution in [3.63, 3.8) is 0 Å². The fraction of sp³-hybridized carbons (Fsp3) is 0. The number of anilines is 1. The average Bonchev–Trinajstić information content (AvgIpc) is 2.42. The van der Waals surface area contributed by atoms with E-state index in [2.05, 4.69) is 15.5 Å². The van der Waals surface area contributed by atoms with Crippen molar-refractivity contribution in [1.82, 2.24) is 4.98 Å². The number of hydrazone groups is 1. The van der Waals surface area contributed by atoms with Gasteiger partial charge in [0.05, 0.1) is 10.0 Å². The molecule has 0 bridgehead atoms. The summed E-state index contributed by atoms with van der Waals surface area (Å²) < 4.78 is 0. The molecule has 0 saturated carbocycles. The van der Waals surface area contributed by atoms with Crippen LogP contribution in [0, 0.1) is 0 Å². The van der Waals surface area contributed by atoms with E-state index < -0.39 is 0 Å². The van der Waals surface area contributed by atoms with Crippen LogP contribution in [0.25, 0.3) is 6.08 Å². The van der Waals surface area contributed by atoms with Crippen molar-refractivity contribution in [3.05, 3.63) is 64.3 Å². The lowest BCUT2D eigenvalue weighted by Crippen LogP contribution is -1.92. The number of allylic oxidation sites excluding steroid dienone is 1. The molecule has 0 saturated heterocycles. The molecule has 5 heteroatoms. The van der Waals surface area contributed by atoms with Crippen LogP contribution in [-0.4, -0.2) is 11.2 Å². The van der Waals surface area contributed by atoms with Gasteiger partial charge in [0.2, 0.25) is 0 Å². The zero-order chi connectivity index (χ0) is 13.5. The van der Waals surface area contributed by atoms with Crippen LogP contribution < -0.4 is 5.43 Å². The monoisotopic (exact) mass is 291 g/mol. The van der Waals surface area contributed by atoms with Crippen molar-refractivity contribution in [2.24, 2.45) is 5.10 Å². The molecule has 0 fully saturated rings. The first-order chi connectivity index (χ1) is 9.25. The Hall–Kier alpha value is -1.84. The molecule has 0 aliphatic carbocycles. The Labute approximate surface area is 121 Å². The van der Waals surface area contributed by atoms with E-state index in [-0.39, 0.29) is 0 Å². The Morgan fingerprint density at radius 2 is 1.95 bits per heavy atom. The lowest BCUT2D eigenvalue weighted by atomic mass is 10.2. The molecule has 0 spiro atoms. The van der Waals surface area contributed by atoms with Crippen molar-refractivity contribution in [1.29, 1.82) is 0 Å². The number of nitrogens with zero attached hydrogens (tertiary/aromatic N) is 2. The summed E-state index contributed by atoms with van der Waals surface area (Å²) in [6, 6.07) is 11.6. The predicted octanol–water partition coefficient (Wildman–Crippen LogP) is 4.50. The van der Waals surface area contributed by atoms with E-state index >= 15 is 0 Å². The molecular formula is C14H11Cl2N3. The van der Waals surface area contributed by atoms with Crippen LogP contribution in [0.3, 0.4) is 0 Å². The molecule has 2 rings (SSSR count). The largest absolute Gasteiger partial charge is 0.260 e. The number of rotatable bonds is 4. The Morgan fingerprint density at radius 1 is 1.16 bits per heavy atom. The van der Waals surface area contributed by atoms with E-state index in [4.69, 9.17) is 23.2 Å². The second-order valence-corrected chi connectivity index (χ2v) is 4.49. The van der Waals surface area contributed by atoms with E-state index in [0.29, 0.717) is 15.9 Å². The van der Waals surface area contributed by atoms with Crippen molar-refractivity contribution in [3.8, 4) is 0 Å². The standard InChI is InChI=1S/C14H11Cl2N3/c15-12-9-13(16)14(17-10-12)19-18-8-4-7-11-5-2-1-3-6-11/h1-10H,(H,17,19). The molecule has 0 unspecified atom stereocenters. The zero-order valence-electron chi connectivity index (χ0n) is 9.92. The van der Waals surface area contributed by atoms with Crippen LogP contribution in [0.15, 0.2) is 53.8 Å². The molecule has 0 atom stereocenters. The molecule has 2 aromatic rings. The van der Waals surface area contributed by atoms with E-state index in [1.165, 1.54) is 6.20 Å². The van der Waals surface area contributed by atoms with Crippen molar-refractivity contribution < 1.29 is 0 Å². The van der Waals surface area contributed by atoms with Crippen LogP contribution in [0.5, 0.6) is 0 Å². The maximum atomic E-state index is 5.94. The summed E-state index contributed by atoms with van der Waals surface area (Å²) in [5.41, 5.74) is 3.85. The minimum Gasteiger partial charge on any atom is -0.260 e. The summed E-state index contributed by atoms with van der Waals surface area (Å²) in [4.78, 5) is 4.02. The highest BCUT2D eigenvalue weighted by Gasteiger charge is 2.00. The third-order valence-electron chi connectivity index (χ3n) is 2.23. The first kappa shape index (κ1) is 13.6. The molecule has 96 valence electrons. The van der Waals surface area contributed by atoms with Crippen molar-refractivity contribution >= 4 is 41.3 Å². The number of hydrogen-bond donors (Lipinski definition) is 1. The molecular weight excluding hydrogens is 281 g/mol. The summed E-state index contributed by atoms with van der Waals surface area (Å²) in [6.07, 6.45) is 6.90. The number of pyridine rings is 1. The van der Waals surface area contributed by atoms with Crippen LogP contribution in [0.2, 0.25) is 10.0 Å². The second kappa shape index (κ2) is 6.92. The second-order valence-electron chi connectivity index (χ2n) is 3.64. The normalized spacial score (nSPS) is 11.3. The lowest BCUT2D eigenvalue weighted by molar-refractivity contribution is 1.23. The highest BCUT2D eigenvalue weighted by atomic mass is 35.5. The summed E-state index contributed by atoms with van der Waals surface area (Å²) in [7, 11) is 0. The van der Waals surface area contributed by atoms with E-state index in [1.807, 2.05) is 42.5 Å². The predicted molar refractivity (Wildman–Crippen MR) is 81.8 cm³/mol. The highest BCUT2D eigenvalue weighted by Crippen LogP contribution is 2.22. The summed E-state index contributed by atoms with van der Waals surface area (Å²) in [5.74, 6) is 0.468. The lowest BCUT2D eigenvalue weighted by Gasteiger charge is -2.00. The van der Waals surface area contributed by atoms with Gasteiger partial charge in [0.15, 0.2) is 5.82 Å². The smallest absolute Gasteiger partial charge is 0.165 e. The summed E-state index contributed by atoms with van der Waals surface area (Å²) in [6.45, 7) is 0. The van der Waals surface area contributed by atoms with Gasteiger partial charge >= 0.3 is 0 Å². The zero-order valence-corrected chi connectivity index (χ0v) is 11.4. The van der Waals surface area contributed by atoms with E-state index in [0.717, 1.165) is 5.56 Å². The molecule has 1 aromatic heterocycles. The SMILES string of the molecule is Clc1cnc(NN=CC=Cc2ccccc2)c(Cl)c1. The van der Waals surface area contributed by atoms with Gasteiger partial charge in [-0.3, -0.25) is 5.43 Å². The minimum absolute atomic E-state index is 0.427. The van der Waals surface area contributed by atoms with Gasteiger partial charge in [-0.15, -0.1) is 0 Å². The minimum atomic E-state index is 0.427. The van der Waals surface area contributed by atoms with Gasteiger partial charge in [0.25, 0.3) is 0 Å². The molecule has 0 radical (unpaired) electrons. The van der Waals surface area contributed by atoms with Gasteiger partial charge in [0.1, 0.15) is 0 Å². The number of benzene rings is 1. The topological polar surface area (TPSA) is 37.3 Å². The summed E-state index contributed by atoms with van der Waals surface area (Å²) in [5, 5.41) is 4.91. The average molecular weight is 292 g/mol. The van der Waals surface area contributed by atoms with Gasteiger partial charge < -0.3 is 0 Å². The molecule has 0 aliphatic heterocycles. The van der Waals surface area contributed by atoms with Gasteiger partial charge in [-0.1, -0.05) is 59.6 Å². The van der Waals surface area contributed by atoms with Crippen LogP contribution >= 0.6 is 23.2 Å². The van der Waals surface area contributed by atoms with E-state index in [1.54, 1.807) is 12.3 Å². The number of nitrogens with one attached hydrogen (secondary N) is 1. The molecule has 1 N–H and O–H groups in total. The van der Waals surface area contributed by atoms with Crippen LogP contribution in [0.4, 0.5) is 5.82 Å². The number of hydrogen-bond acceptors (Lipinski definition) is 3. The van der Waals surface area contributed by atoms with Gasteiger partial charge in [0, 0.05) is 12.4 Å². The number of halogens is 2. The molecule has 1 heterocycles. The van der Waals surface area contributed by atoms with Crippen molar-refractivity contribution in [2.75, 3.05) is 5.43 Å². The van der Waals surface area contributed by atoms with Crippen LogP contribution in [-0.2, 0) is 0 Å². The van der Waals surface area contributed by atoms with Gasteiger partial charge in [-0.2, -0.15) is 5.10 Å². The quantitative estimate of drug-likeness (QED) is 0.665. The Balaban J connectivity index is 1.92. The maximum Gasteiger partial charge on any atom is 0.165 e. The molecule has 1 aromatic carbocycles. The van der Waals surface area contributed by atoms with Gasteiger partial charge in [-0.05, 0) is 17.7 Å². The first-order valence-corrected chi connectivity index (χ1v) is 6.33. The van der Waals surface area contributed by atoms with Gasteiger partial charge in [-0.25, -0.2) is 4.98 Å². The third kappa shape index (κ3) is 4.39. The van der Waals surface area contributed by atoms with Crippen molar-refractivity contribution in [2.45, 2.75) is 0 Å². The molecule has 0 amide bonds.